The second-order valence-corrected chi connectivity index (χ2v) is 6.88. The van der Waals surface area contributed by atoms with Crippen LogP contribution >= 0.6 is 0 Å². The molecule has 0 aliphatic carbocycles. The van der Waals surface area contributed by atoms with E-state index >= 15 is 0 Å². The third kappa shape index (κ3) is 4.94. The summed E-state index contributed by atoms with van der Waals surface area (Å²) in [7, 11) is 0. The van der Waals surface area contributed by atoms with Crippen molar-refractivity contribution >= 4 is 0 Å². The van der Waals surface area contributed by atoms with Crippen LogP contribution in [0, 0.1) is 6.92 Å². The van der Waals surface area contributed by atoms with Gasteiger partial charge in [-0.2, -0.15) is 0 Å². The molecule has 1 aromatic heterocycles. The van der Waals surface area contributed by atoms with E-state index in [1.807, 2.05) is 19.1 Å². The lowest BCUT2D eigenvalue weighted by molar-refractivity contribution is -0.0704. The van der Waals surface area contributed by atoms with Crippen molar-refractivity contribution in [3.05, 3.63) is 59.0 Å². The maximum Gasteiger partial charge on any atom is 0.117 e. The maximum absolute atomic E-state index is 5.80. The molecule has 1 saturated heterocycles. The van der Waals surface area contributed by atoms with E-state index in [4.69, 9.17) is 9.15 Å². The number of hydrogen-bond acceptors (Lipinski definition) is 4. The number of aryl methyl sites for hydroxylation is 1. The predicted molar refractivity (Wildman–Crippen MR) is 95.7 cm³/mol. The molecule has 1 aliphatic heterocycles. The first-order valence-corrected chi connectivity index (χ1v) is 8.80. The zero-order chi connectivity index (χ0) is 16.9. The van der Waals surface area contributed by atoms with Crippen LogP contribution in [-0.4, -0.2) is 30.2 Å². The summed E-state index contributed by atoms with van der Waals surface area (Å²) in [6, 6.07) is 12.9. The highest BCUT2D eigenvalue weighted by atomic mass is 16.5. The molecule has 4 nitrogen and oxygen atoms in total. The number of nitrogens with one attached hydrogen (secondary N) is 1. The molecule has 4 heteroatoms. The number of furan rings is 1. The molecular weight excluding hydrogens is 300 g/mol. The topological polar surface area (TPSA) is 37.6 Å². The number of ether oxygens (including phenoxy) is 1. The Morgan fingerprint density at radius 1 is 0.958 bits per heavy atom. The lowest BCUT2D eigenvalue weighted by atomic mass is 10.1. The molecule has 1 aromatic carbocycles. The molecule has 24 heavy (non-hydrogen) atoms. The monoisotopic (exact) mass is 328 g/mol. The van der Waals surface area contributed by atoms with Crippen LogP contribution in [0.1, 0.15) is 36.5 Å². The van der Waals surface area contributed by atoms with Gasteiger partial charge in [0.25, 0.3) is 0 Å². The van der Waals surface area contributed by atoms with Crippen molar-refractivity contribution in [1.82, 2.24) is 10.2 Å². The van der Waals surface area contributed by atoms with Gasteiger partial charge in [-0.3, -0.25) is 4.90 Å². The molecule has 0 bridgehead atoms. The van der Waals surface area contributed by atoms with E-state index < -0.39 is 0 Å². The third-order valence-corrected chi connectivity index (χ3v) is 4.35. The van der Waals surface area contributed by atoms with Gasteiger partial charge in [0.15, 0.2) is 0 Å². The van der Waals surface area contributed by atoms with Gasteiger partial charge in [-0.15, -0.1) is 0 Å². The Labute approximate surface area is 144 Å². The fourth-order valence-electron chi connectivity index (χ4n) is 3.34. The van der Waals surface area contributed by atoms with Crippen molar-refractivity contribution in [2.45, 2.75) is 52.6 Å². The smallest absolute Gasteiger partial charge is 0.117 e. The van der Waals surface area contributed by atoms with E-state index in [2.05, 4.69) is 48.3 Å². The van der Waals surface area contributed by atoms with E-state index in [9.17, 15) is 0 Å². The Morgan fingerprint density at radius 3 is 2.25 bits per heavy atom. The number of hydrogen-bond donors (Lipinski definition) is 1. The first kappa shape index (κ1) is 17.2. The summed E-state index contributed by atoms with van der Waals surface area (Å²) < 4.78 is 11.4. The summed E-state index contributed by atoms with van der Waals surface area (Å²) in [6.45, 7) is 10.9. The van der Waals surface area contributed by atoms with Gasteiger partial charge < -0.3 is 14.5 Å². The third-order valence-electron chi connectivity index (χ3n) is 4.35. The predicted octanol–water partition coefficient (Wildman–Crippen LogP) is 3.49. The van der Waals surface area contributed by atoms with Crippen LogP contribution < -0.4 is 5.32 Å². The molecule has 2 unspecified atom stereocenters. The molecule has 0 spiro atoms. The zero-order valence-corrected chi connectivity index (χ0v) is 14.9. The molecular formula is C20H28N2O2. The van der Waals surface area contributed by atoms with Crippen molar-refractivity contribution in [2.24, 2.45) is 0 Å². The zero-order valence-electron chi connectivity index (χ0n) is 14.9. The molecule has 1 N–H and O–H groups in total. The molecule has 2 atom stereocenters. The molecule has 1 fully saturated rings. The van der Waals surface area contributed by atoms with Crippen molar-refractivity contribution in [1.29, 1.82) is 0 Å². The lowest BCUT2D eigenvalue weighted by Crippen LogP contribution is -2.44. The molecule has 1 aliphatic rings. The summed E-state index contributed by atoms with van der Waals surface area (Å²) >= 11 is 0. The van der Waals surface area contributed by atoms with Crippen LogP contribution in [0.3, 0.4) is 0 Å². The minimum Gasteiger partial charge on any atom is -0.465 e. The number of nitrogens with zero attached hydrogens (tertiary/aromatic N) is 1. The molecule has 0 saturated carbocycles. The number of benzene rings is 1. The van der Waals surface area contributed by atoms with E-state index in [1.165, 1.54) is 11.1 Å². The molecule has 0 radical (unpaired) electrons. The van der Waals surface area contributed by atoms with Crippen LogP contribution in [0.15, 0.2) is 40.8 Å². The van der Waals surface area contributed by atoms with Gasteiger partial charge in [0.1, 0.15) is 11.5 Å². The van der Waals surface area contributed by atoms with Crippen molar-refractivity contribution in [2.75, 3.05) is 13.1 Å². The van der Waals surface area contributed by atoms with E-state index in [0.29, 0.717) is 12.2 Å². The maximum atomic E-state index is 5.80. The van der Waals surface area contributed by atoms with Crippen LogP contribution in [0.25, 0.3) is 0 Å². The Kier molecular flexibility index (Phi) is 5.72. The Hall–Kier alpha value is -1.62. The summed E-state index contributed by atoms with van der Waals surface area (Å²) in [6.07, 6.45) is 0.643. The SMILES string of the molecule is Cc1ccc(CNCc2ccc(CN3CC(C)OC(C)C3)cc2)o1. The second-order valence-electron chi connectivity index (χ2n) is 6.88. The average molecular weight is 328 g/mol. The molecule has 130 valence electrons. The summed E-state index contributed by atoms with van der Waals surface area (Å²) in [5.41, 5.74) is 2.66. The summed E-state index contributed by atoms with van der Waals surface area (Å²) in [4.78, 5) is 2.48. The van der Waals surface area contributed by atoms with E-state index in [1.54, 1.807) is 0 Å². The minimum absolute atomic E-state index is 0.322. The largest absolute Gasteiger partial charge is 0.465 e. The van der Waals surface area contributed by atoms with E-state index in [0.717, 1.165) is 44.2 Å². The van der Waals surface area contributed by atoms with Gasteiger partial charge >= 0.3 is 0 Å². The standard InChI is InChI=1S/C20H28N2O2/c1-15-4-9-20(24-15)11-21-10-18-5-7-19(8-6-18)14-22-12-16(2)23-17(3)13-22/h4-9,16-17,21H,10-14H2,1-3H3. The van der Waals surface area contributed by atoms with Crippen LogP contribution in [0.4, 0.5) is 0 Å². The number of morpholine rings is 1. The van der Waals surface area contributed by atoms with E-state index in [-0.39, 0.29) is 0 Å². The first-order chi connectivity index (χ1) is 11.6. The molecule has 0 amide bonds. The second kappa shape index (κ2) is 7.97. The van der Waals surface area contributed by atoms with Crippen LogP contribution in [-0.2, 0) is 24.4 Å². The van der Waals surface area contributed by atoms with Gasteiger partial charge in [0.05, 0.1) is 18.8 Å². The Morgan fingerprint density at radius 2 is 1.62 bits per heavy atom. The Balaban J connectivity index is 1.46. The van der Waals surface area contributed by atoms with Gasteiger partial charge in [-0.05, 0) is 44.0 Å². The van der Waals surface area contributed by atoms with Crippen LogP contribution in [0.2, 0.25) is 0 Å². The fourth-order valence-corrected chi connectivity index (χ4v) is 3.34. The quantitative estimate of drug-likeness (QED) is 0.881. The highest BCUT2D eigenvalue weighted by Gasteiger charge is 2.21. The fraction of sp³-hybridized carbons (Fsp3) is 0.500. The van der Waals surface area contributed by atoms with Crippen molar-refractivity contribution in [3.8, 4) is 0 Å². The number of rotatable bonds is 6. The van der Waals surface area contributed by atoms with Gasteiger partial charge in [-0.1, -0.05) is 24.3 Å². The van der Waals surface area contributed by atoms with Gasteiger partial charge in [0.2, 0.25) is 0 Å². The minimum atomic E-state index is 0.322. The van der Waals surface area contributed by atoms with Crippen LogP contribution in [0.5, 0.6) is 0 Å². The highest BCUT2D eigenvalue weighted by Crippen LogP contribution is 2.15. The lowest BCUT2D eigenvalue weighted by Gasteiger charge is -2.35. The van der Waals surface area contributed by atoms with Gasteiger partial charge in [-0.25, -0.2) is 0 Å². The summed E-state index contributed by atoms with van der Waals surface area (Å²) in [5.74, 6) is 1.95. The first-order valence-electron chi connectivity index (χ1n) is 8.80. The normalized spacial score (nSPS) is 22.0. The van der Waals surface area contributed by atoms with Crippen molar-refractivity contribution in [3.63, 3.8) is 0 Å². The molecule has 2 heterocycles. The average Bonchev–Trinajstić information content (AvgIpc) is 2.93. The highest BCUT2D eigenvalue weighted by molar-refractivity contribution is 5.22. The Bertz CT molecular complexity index is 625. The summed E-state index contributed by atoms with van der Waals surface area (Å²) in [5, 5.41) is 3.42. The van der Waals surface area contributed by atoms with Gasteiger partial charge in [0, 0.05) is 26.2 Å². The van der Waals surface area contributed by atoms with Crippen molar-refractivity contribution < 1.29 is 9.15 Å². The molecule has 2 aromatic rings. The molecule has 3 rings (SSSR count).